The molecule has 1 saturated heterocycles. The van der Waals surface area contributed by atoms with Gasteiger partial charge < -0.3 is 4.74 Å². The third-order valence-corrected chi connectivity index (χ3v) is 3.88. The van der Waals surface area contributed by atoms with Crippen LogP contribution in [0.4, 0.5) is 0 Å². The summed E-state index contributed by atoms with van der Waals surface area (Å²) in [6, 6.07) is 11.4. The Labute approximate surface area is 111 Å². The molecule has 1 heterocycles. The van der Waals surface area contributed by atoms with Crippen molar-refractivity contribution in [3.8, 4) is 0 Å². The number of hydrogen-bond donors (Lipinski definition) is 0. The van der Waals surface area contributed by atoms with E-state index in [4.69, 9.17) is 4.74 Å². The number of aryl methyl sites for hydroxylation is 1. The summed E-state index contributed by atoms with van der Waals surface area (Å²) in [6.07, 6.45) is 6.47. The second-order valence-electron chi connectivity index (χ2n) is 5.23. The molecule has 0 aliphatic carbocycles. The topological polar surface area (TPSA) is 12.5 Å². The lowest BCUT2D eigenvalue weighted by molar-refractivity contribution is 0.0724. The molecule has 100 valence electrons. The number of methoxy groups -OCH3 is 1. The van der Waals surface area contributed by atoms with Crippen molar-refractivity contribution in [1.29, 1.82) is 0 Å². The molecule has 0 aromatic heterocycles. The molecule has 0 N–H and O–H groups in total. The van der Waals surface area contributed by atoms with Crippen LogP contribution in [0.2, 0.25) is 0 Å². The maximum absolute atomic E-state index is 5.40. The predicted octanol–water partition coefficient (Wildman–Crippen LogP) is 3.12. The SMILES string of the molecule is COCC(CCc1ccccc1)N1CCCCC1. The van der Waals surface area contributed by atoms with Crippen molar-refractivity contribution in [3.63, 3.8) is 0 Å². The first-order valence-electron chi connectivity index (χ1n) is 7.17. The van der Waals surface area contributed by atoms with Crippen LogP contribution in [0.5, 0.6) is 0 Å². The third-order valence-electron chi connectivity index (χ3n) is 3.88. The first kappa shape index (κ1) is 13.6. The summed E-state index contributed by atoms with van der Waals surface area (Å²) in [6.45, 7) is 3.37. The number of piperidine rings is 1. The number of hydrogen-bond acceptors (Lipinski definition) is 2. The van der Waals surface area contributed by atoms with Gasteiger partial charge in [-0.1, -0.05) is 36.8 Å². The summed E-state index contributed by atoms with van der Waals surface area (Å²) in [5.74, 6) is 0. The van der Waals surface area contributed by atoms with Crippen LogP contribution in [0.25, 0.3) is 0 Å². The molecule has 2 heteroatoms. The van der Waals surface area contributed by atoms with E-state index in [1.165, 1.54) is 44.3 Å². The Balaban J connectivity index is 1.85. The molecule has 1 fully saturated rings. The highest BCUT2D eigenvalue weighted by atomic mass is 16.5. The van der Waals surface area contributed by atoms with Gasteiger partial charge in [0.15, 0.2) is 0 Å². The van der Waals surface area contributed by atoms with Crippen LogP contribution in [-0.4, -0.2) is 37.7 Å². The van der Waals surface area contributed by atoms with Crippen LogP contribution in [0.1, 0.15) is 31.2 Å². The lowest BCUT2D eigenvalue weighted by Gasteiger charge is -2.34. The molecule has 0 radical (unpaired) electrons. The molecular formula is C16H25NO. The maximum Gasteiger partial charge on any atom is 0.0618 e. The first-order valence-corrected chi connectivity index (χ1v) is 7.17. The Morgan fingerprint density at radius 3 is 2.50 bits per heavy atom. The second kappa shape index (κ2) is 7.55. The molecule has 1 aromatic carbocycles. The van der Waals surface area contributed by atoms with E-state index in [0.29, 0.717) is 6.04 Å². The fraction of sp³-hybridized carbons (Fsp3) is 0.625. The van der Waals surface area contributed by atoms with Crippen molar-refractivity contribution in [1.82, 2.24) is 4.90 Å². The van der Waals surface area contributed by atoms with Gasteiger partial charge in [0.05, 0.1) is 6.61 Å². The van der Waals surface area contributed by atoms with Gasteiger partial charge in [0.25, 0.3) is 0 Å². The van der Waals surface area contributed by atoms with E-state index in [2.05, 4.69) is 35.2 Å². The van der Waals surface area contributed by atoms with Gasteiger partial charge in [0.2, 0.25) is 0 Å². The van der Waals surface area contributed by atoms with E-state index in [0.717, 1.165) is 13.0 Å². The number of likely N-dealkylation sites (tertiary alicyclic amines) is 1. The number of nitrogens with zero attached hydrogens (tertiary/aromatic N) is 1. The summed E-state index contributed by atoms with van der Waals surface area (Å²) < 4.78 is 5.40. The zero-order chi connectivity index (χ0) is 12.6. The van der Waals surface area contributed by atoms with Crippen LogP contribution in [0.3, 0.4) is 0 Å². The Hall–Kier alpha value is -0.860. The molecule has 0 amide bonds. The van der Waals surface area contributed by atoms with Crippen LogP contribution >= 0.6 is 0 Å². The van der Waals surface area contributed by atoms with Gasteiger partial charge in [-0.05, 0) is 44.3 Å². The van der Waals surface area contributed by atoms with Gasteiger partial charge in [-0.15, -0.1) is 0 Å². The largest absolute Gasteiger partial charge is 0.383 e. The Morgan fingerprint density at radius 1 is 1.11 bits per heavy atom. The minimum atomic E-state index is 0.593. The molecule has 0 saturated carbocycles. The molecule has 1 unspecified atom stereocenters. The monoisotopic (exact) mass is 247 g/mol. The summed E-state index contributed by atoms with van der Waals surface area (Å²) >= 11 is 0. The summed E-state index contributed by atoms with van der Waals surface area (Å²) in [7, 11) is 1.82. The van der Waals surface area contributed by atoms with Crippen molar-refractivity contribution in [3.05, 3.63) is 35.9 Å². The molecule has 2 nitrogen and oxygen atoms in total. The van der Waals surface area contributed by atoms with E-state index in [1.54, 1.807) is 0 Å². The highest BCUT2D eigenvalue weighted by Gasteiger charge is 2.20. The Kier molecular flexibility index (Phi) is 5.69. The Morgan fingerprint density at radius 2 is 1.83 bits per heavy atom. The van der Waals surface area contributed by atoms with Crippen molar-refractivity contribution in [2.24, 2.45) is 0 Å². The van der Waals surface area contributed by atoms with Gasteiger partial charge >= 0.3 is 0 Å². The predicted molar refractivity (Wildman–Crippen MR) is 75.9 cm³/mol. The molecule has 1 aliphatic rings. The third kappa shape index (κ3) is 4.11. The highest BCUT2D eigenvalue weighted by Crippen LogP contribution is 2.16. The van der Waals surface area contributed by atoms with E-state index < -0.39 is 0 Å². The first-order chi connectivity index (χ1) is 8.90. The van der Waals surface area contributed by atoms with Gasteiger partial charge in [0.1, 0.15) is 0 Å². The molecule has 1 aliphatic heterocycles. The van der Waals surface area contributed by atoms with Crippen LogP contribution in [-0.2, 0) is 11.2 Å². The highest BCUT2D eigenvalue weighted by molar-refractivity contribution is 5.14. The standard InChI is InChI=1S/C16H25NO/c1-18-14-16(17-12-6-3-7-13-17)11-10-15-8-4-2-5-9-15/h2,4-5,8-9,16H,3,6-7,10-14H2,1H3. The van der Waals surface area contributed by atoms with Crippen molar-refractivity contribution < 1.29 is 4.74 Å². The van der Waals surface area contributed by atoms with Crippen LogP contribution < -0.4 is 0 Å². The molecule has 18 heavy (non-hydrogen) atoms. The van der Waals surface area contributed by atoms with E-state index in [1.807, 2.05) is 7.11 Å². The van der Waals surface area contributed by atoms with Crippen molar-refractivity contribution >= 4 is 0 Å². The number of ether oxygens (including phenoxy) is 1. The van der Waals surface area contributed by atoms with Crippen molar-refractivity contribution in [2.75, 3.05) is 26.8 Å². The lowest BCUT2D eigenvalue weighted by atomic mass is 10.0. The van der Waals surface area contributed by atoms with Crippen LogP contribution in [0, 0.1) is 0 Å². The molecule has 2 rings (SSSR count). The summed E-state index contributed by atoms with van der Waals surface area (Å²) in [5.41, 5.74) is 1.44. The quantitative estimate of drug-likeness (QED) is 0.766. The molecule has 1 atom stereocenters. The fourth-order valence-electron chi connectivity index (χ4n) is 2.83. The molecular weight excluding hydrogens is 222 g/mol. The lowest BCUT2D eigenvalue weighted by Crippen LogP contribution is -2.42. The smallest absolute Gasteiger partial charge is 0.0618 e. The van der Waals surface area contributed by atoms with E-state index >= 15 is 0 Å². The van der Waals surface area contributed by atoms with Gasteiger partial charge in [-0.25, -0.2) is 0 Å². The average molecular weight is 247 g/mol. The molecule has 0 bridgehead atoms. The molecule has 0 spiro atoms. The van der Waals surface area contributed by atoms with E-state index in [9.17, 15) is 0 Å². The second-order valence-corrected chi connectivity index (χ2v) is 5.23. The van der Waals surface area contributed by atoms with E-state index in [-0.39, 0.29) is 0 Å². The number of rotatable bonds is 6. The number of benzene rings is 1. The summed E-state index contributed by atoms with van der Waals surface area (Å²) in [5, 5.41) is 0. The minimum absolute atomic E-state index is 0.593. The normalized spacial score (nSPS) is 18.7. The maximum atomic E-state index is 5.40. The minimum Gasteiger partial charge on any atom is -0.383 e. The average Bonchev–Trinajstić information content (AvgIpc) is 2.45. The van der Waals surface area contributed by atoms with Crippen LogP contribution in [0.15, 0.2) is 30.3 Å². The van der Waals surface area contributed by atoms with Crippen molar-refractivity contribution in [2.45, 2.75) is 38.1 Å². The van der Waals surface area contributed by atoms with Gasteiger partial charge in [-0.2, -0.15) is 0 Å². The Bertz CT molecular complexity index is 319. The fourth-order valence-corrected chi connectivity index (χ4v) is 2.83. The zero-order valence-corrected chi connectivity index (χ0v) is 11.5. The van der Waals surface area contributed by atoms with Gasteiger partial charge in [0, 0.05) is 13.2 Å². The summed E-state index contributed by atoms with van der Waals surface area (Å²) in [4.78, 5) is 2.62. The van der Waals surface area contributed by atoms with Gasteiger partial charge in [-0.3, -0.25) is 4.90 Å². The molecule has 1 aromatic rings. The zero-order valence-electron chi connectivity index (χ0n) is 11.5.